The van der Waals surface area contributed by atoms with E-state index in [2.05, 4.69) is 42.5 Å². The van der Waals surface area contributed by atoms with Crippen LogP contribution < -0.4 is 42.5 Å². The fourth-order valence-corrected chi connectivity index (χ4v) is 12.0. The second kappa shape index (κ2) is 12.1. The van der Waals surface area contributed by atoms with Crippen LogP contribution in [0, 0.1) is 47.3 Å². The first-order valence-corrected chi connectivity index (χ1v) is 18.0. The molecule has 0 spiro atoms. The van der Waals surface area contributed by atoms with Crippen LogP contribution in [0.2, 0.25) is 0 Å². The SMILES string of the molecule is OC1CCCC2C3NC4NC(NC5NC(NC6NC(NC(N3)C12)C1CCCCC61)C1CCCCC51)C1CCCCC41.[Zn]. The number of aliphatic hydroxyl groups is 1. The van der Waals surface area contributed by atoms with E-state index in [-0.39, 0.29) is 43.8 Å². The van der Waals surface area contributed by atoms with E-state index in [1.165, 1.54) is 83.5 Å². The van der Waals surface area contributed by atoms with Crippen molar-refractivity contribution in [2.75, 3.05) is 0 Å². The van der Waals surface area contributed by atoms with Crippen molar-refractivity contribution >= 4 is 0 Å². The van der Waals surface area contributed by atoms with Crippen LogP contribution in [0.25, 0.3) is 0 Å². The quantitative estimate of drug-likeness (QED) is 0.183. The summed E-state index contributed by atoms with van der Waals surface area (Å²) in [5, 5.41) is 44.6. The Morgan fingerprint density at radius 3 is 0.905 bits per heavy atom. The summed E-state index contributed by atoms with van der Waals surface area (Å²) in [5.74, 6) is 4.87. The van der Waals surface area contributed by atoms with Crippen LogP contribution in [-0.4, -0.2) is 60.5 Å². The molecule has 17 atom stereocenters. The normalized spacial score (nSPS) is 56.9. The maximum Gasteiger partial charge on any atom is 0.0653 e. The van der Waals surface area contributed by atoms with Crippen LogP contribution >= 0.6 is 0 Å². The molecule has 9 fully saturated rings. The molecule has 9 aliphatic rings. The molecule has 9 rings (SSSR count). The fourth-order valence-electron chi connectivity index (χ4n) is 12.0. The fraction of sp³-hybridized carbons (Fsp3) is 1.00. The largest absolute Gasteiger partial charge is 0.393 e. The van der Waals surface area contributed by atoms with Crippen molar-refractivity contribution in [3.05, 3.63) is 0 Å². The smallest absolute Gasteiger partial charge is 0.0653 e. The van der Waals surface area contributed by atoms with Gasteiger partial charge >= 0.3 is 0 Å². The molecule has 9 N–H and O–H groups in total. The molecular formula is C32H56N8OZn. The van der Waals surface area contributed by atoms with Crippen LogP contribution in [0.15, 0.2) is 0 Å². The van der Waals surface area contributed by atoms with Gasteiger partial charge in [-0.2, -0.15) is 0 Å². The van der Waals surface area contributed by atoms with Crippen molar-refractivity contribution < 1.29 is 24.6 Å². The van der Waals surface area contributed by atoms with Crippen LogP contribution in [0.5, 0.6) is 0 Å². The molecule has 4 aliphatic carbocycles. The predicted octanol–water partition coefficient (Wildman–Crippen LogP) is 1.57. The first-order valence-electron chi connectivity index (χ1n) is 18.0. The van der Waals surface area contributed by atoms with Crippen LogP contribution in [0.1, 0.15) is 96.3 Å². The Morgan fingerprint density at radius 2 is 0.571 bits per heavy atom. The van der Waals surface area contributed by atoms with Gasteiger partial charge in [0, 0.05) is 25.4 Å². The van der Waals surface area contributed by atoms with E-state index in [0.717, 1.165) is 12.8 Å². The minimum absolute atomic E-state index is 0. The zero-order chi connectivity index (χ0) is 27.1. The zero-order valence-electron chi connectivity index (χ0n) is 25.6. The van der Waals surface area contributed by atoms with Gasteiger partial charge in [-0.3, -0.25) is 42.5 Å². The summed E-state index contributed by atoms with van der Waals surface area (Å²) < 4.78 is 0. The molecule has 5 saturated heterocycles. The second-order valence-electron chi connectivity index (χ2n) is 15.7. The van der Waals surface area contributed by atoms with Crippen molar-refractivity contribution in [3.63, 3.8) is 0 Å². The van der Waals surface area contributed by atoms with Gasteiger partial charge in [-0.05, 0) is 92.8 Å². The third kappa shape index (κ3) is 5.01. The topological polar surface area (TPSA) is 116 Å². The Bertz CT molecular complexity index is 959. The summed E-state index contributed by atoms with van der Waals surface area (Å²) in [4.78, 5) is 0. The number of hydrogen-bond acceptors (Lipinski definition) is 9. The van der Waals surface area contributed by atoms with Crippen molar-refractivity contribution in [1.82, 2.24) is 42.5 Å². The Kier molecular flexibility index (Phi) is 8.56. The molecule has 0 radical (unpaired) electrons. The summed E-state index contributed by atoms with van der Waals surface area (Å²) >= 11 is 0. The summed E-state index contributed by atoms with van der Waals surface area (Å²) in [6, 6.07) is 0. The van der Waals surface area contributed by atoms with E-state index in [0.29, 0.717) is 78.4 Å². The van der Waals surface area contributed by atoms with E-state index >= 15 is 0 Å². The van der Waals surface area contributed by atoms with Gasteiger partial charge in [0.15, 0.2) is 0 Å². The van der Waals surface area contributed by atoms with Gasteiger partial charge < -0.3 is 5.11 Å². The van der Waals surface area contributed by atoms with Crippen molar-refractivity contribution in [1.29, 1.82) is 0 Å². The Labute approximate surface area is 265 Å². The first kappa shape index (κ1) is 29.7. The molecule has 0 amide bonds. The average molecular weight is 634 g/mol. The van der Waals surface area contributed by atoms with Gasteiger partial charge in [-0.25, -0.2) is 0 Å². The maximum atomic E-state index is 11.4. The summed E-state index contributed by atoms with van der Waals surface area (Å²) in [6.07, 6.45) is 21.7. The molecule has 17 unspecified atom stereocenters. The van der Waals surface area contributed by atoms with Gasteiger partial charge in [0.25, 0.3) is 0 Å². The number of rotatable bonds is 0. The van der Waals surface area contributed by atoms with E-state index in [1.807, 2.05) is 0 Å². The predicted molar refractivity (Wildman–Crippen MR) is 159 cm³/mol. The molecule has 232 valence electrons. The third-order valence-electron chi connectivity index (χ3n) is 13.9. The molecule has 4 saturated carbocycles. The summed E-state index contributed by atoms with van der Waals surface area (Å²) in [6.45, 7) is 0. The van der Waals surface area contributed by atoms with Crippen molar-refractivity contribution in [3.8, 4) is 0 Å². The minimum Gasteiger partial charge on any atom is -0.393 e. The van der Waals surface area contributed by atoms with Gasteiger partial charge in [0.2, 0.25) is 0 Å². The summed E-state index contributed by atoms with van der Waals surface area (Å²) in [7, 11) is 0. The van der Waals surface area contributed by atoms with E-state index in [9.17, 15) is 5.11 Å². The van der Waals surface area contributed by atoms with E-state index in [1.54, 1.807) is 0 Å². The van der Waals surface area contributed by atoms with Crippen LogP contribution in [0.3, 0.4) is 0 Å². The monoisotopic (exact) mass is 632 g/mol. The van der Waals surface area contributed by atoms with Crippen molar-refractivity contribution in [2.45, 2.75) is 152 Å². The van der Waals surface area contributed by atoms with Crippen LogP contribution in [0.4, 0.5) is 0 Å². The maximum absolute atomic E-state index is 11.4. The Hall–Kier alpha value is 0.263. The zero-order valence-corrected chi connectivity index (χ0v) is 28.5. The van der Waals surface area contributed by atoms with Gasteiger partial charge in [-0.1, -0.05) is 44.9 Å². The Morgan fingerprint density at radius 1 is 0.310 bits per heavy atom. The van der Waals surface area contributed by atoms with E-state index < -0.39 is 0 Å². The molecule has 9 nitrogen and oxygen atoms in total. The molecule has 8 bridgehead atoms. The number of fused-ring (bicyclic) bond motifs is 20. The van der Waals surface area contributed by atoms with E-state index in [4.69, 9.17) is 0 Å². The summed E-state index contributed by atoms with van der Waals surface area (Å²) in [5.41, 5.74) is 0. The molecular weight excluding hydrogens is 578 g/mol. The number of aliphatic hydroxyl groups excluding tert-OH is 1. The van der Waals surface area contributed by atoms with Crippen LogP contribution in [-0.2, 0) is 19.5 Å². The first-order chi connectivity index (χ1) is 20.2. The minimum atomic E-state index is -0.221. The number of hydrogen-bond donors (Lipinski definition) is 9. The molecule has 5 aliphatic heterocycles. The molecule has 42 heavy (non-hydrogen) atoms. The van der Waals surface area contributed by atoms with Gasteiger partial charge in [0.05, 0.1) is 55.4 Å². The number of nitrogens with one attached hydrogen (secondary N) is 8. The molecule has 0 aromatic carbocycles. The molecule has 5 heterocycles. The standard InChI is InChI=1S/C32H56N8O.Zn/c41-23-15-7-14-22-24(23)32-39-30-21-13-6-5-12-20(21)28(37-30)35-26-17-9-2-1-8-16(17)25(33-26)34-27-18-10-3-4-11-19(18)29(36-27)38-31(22)40-32;/h16-41H,1-15H2;. The third-order valence-corrected chi connectivity index (χ3v) is 13.9. The second-order valence-corrected chi connectivity index (χ2v) is 15.7. The molecule has 10 heteroatoms. The Balaban J connectivity index is 0.00000267. The molecule has 0 aromatic heterocycles. The molecule has 0 aromatic rings. The van der Waals surface area contributed by atoms with Gasteiger partial charge in [0.1, 0.15) is 0 Å². The van der Waals surface area contributed by atoms with Gasteiger partial charge in [-0.15, -0.1) is 0 Å². The average Bonchev–Trinajstić information content (AvgIpc) is 3.73. The van der Waals surface area contributed by atoms with Crippen molar-refractivity contribution in [2.24, 2.45) is 47.3 Å².